The van der Waals surface area contributed by atoms with Crippen LogP contribution in [-0.2, 0) is 9.59 Å². The number of hydrogen-bond donors (Lipinski definition) is 2. The highest BCUT2D eigenvalue weighted by atomic mass is 19.1. The minimum Gasteiger partial charge on any atom is -0.481 e. The highest BCUT2D eigenvalue weighted by Crippen LogP contribution is 2.28. The smallest absolute Gasteiger partial charge is 0.306 e. The number of likely N-dealkylation sites (tertiary alicyclic amines) is 1. The number of rotatable bonds is 4. The van der Waals surface area contributed by atoms with Gasteiger partial charge in [0.1, 0.15) is 5.82 Å². The predicted molar refractivity (Wildman–Crippen MR) is 87.3 cm³/mol. The molecule has 3 rings (SSSR count). The number of hydrogen-bond acceptors (Lipinski definition) is 3. The zero-order chi connectivity index (χ0) is 18.0. The molecule has 1 unspecified atom stereocenters. The predicted octanol–water partition coefficient (Wildman–Crippen LogP) is 1.66. The fraction of sp³-hybridized carbons (Fsp3) is 0.500. The fourth-order valence-corrected chi connectivity index (χ4v) is 3.41. The molecule has 1 aromatic rings. The number of carbonyl (C=O) groups excluding carboxylic acids is 2. The summed E-state index contributed by atoms with van der Waals surface area (Å²) >= 11 is 0. The Kier molecular flexibility index (Phi) is 5.01. The van der Waals surface area contributed by atoms with Crippen molar-refractivity contribution in [3.05, 3.63) is 35.6 Å². The average molecular weight is 348 g/mol. The minimum absolute atomic E-state index is 0.0863. The molecule has 0 aromatic heterocycles. The standard InChI is InChI=1S/C18H21FN2O4/c19-14-5-3-11(4-6-14)17(23)21-7-1-2-12(10-21)16(22)20-15-8-13(9-15)18(24)25/h3-6,12-13,15H,1-2,7-10H2,(H,20,22)(H,24,25). The van der Waals surface area contributed by atoms with Gasteiger partial charge in [-0.15, -0.1) is 0 Å². The Morgan fingerprint density at radius 3 is 2.44 bits per heavy atom. The molecule has 1 aliphatic heterocycles. The fourth-order valence-electron chi connectivity index (χ4n) is 3.41. The van der Waals surface area contributed by atoms with Crippen LogP contribution in [-0.4, -0.2) is 46.9 Å². The highest BCUT2D eigenvalue weighted by Gasteiger charge is 2.37. The first-order valence-corrected chi connectivity index (χ1v) is 8.52. The summed E-state index contributed by atoms with van der Waals surface area (Å²) in [6.45, 7) is 0.904. The Hall–Kier alpha value is -2.44. The largest absolute Gasteiger partial charge is 0.481 e. The van der Waals surface area contributed by atoms with E-state index in [9.17, 15) is 18.8 Å². The summed E-state index contributed by atoms with van der Waals surface area (Å²) in [5, 5.41) is 11.8. The van der Waals surface area contributed by atoms with Gasteiger partial charge < -0.3 is 15.3 Å². The lowest BCUT2D eigenvalue weighted by Crippen LogP contribution is -2.51. The normalized spacial score (nSPS) is 25.8. The average Bonchev–Trinajstić information content (AvgIpc) is 2.57. The van der Waals surface area contributed by atoms with Crippen molar-refractivity contribution in [2.24, 2.45) is 11.8 Å². The van der Waals surface area contributed by atoms with Gasteiger partial charge in [0.25, 0.3) is 5.91 Å². The first kappa shape index (κ1) is 17.4. The van der Waals surface area contributed by atoms with Crippen molar-refractivity contribution >= 4 is 17.8 Å². The summed E-state index contributed by atoms with van der Waals surface area (Å²) in [6.07, 6.45) is 2.36. The zero-order valence-electron chi connectivity index (χ0n) is 13.8. The lowest BCUT2D eigenvalue weighted by atomic mass is 9.80. The van der Waals surface area contributed by atoms with Gasteiger partial charge in [-0.05, 0) is 49.9 Å². The van der Waals surface area contributed by atoms with Gasteiger partial charge in [0, 0.05) is 24.7 Å². The lowest BCUT2D eigenvalue weighted by Gasteiger charge is -2.36. The van der Waals surface area contributed by atoms with Crippen LogP contribution >= 0.6 is 0 Å². The van der Waals surface area contributed by atoms with Crippen molar-refractivity contribution < 1.29 is 23.9 Å². The van der Waals surface area contributed by atoms with Crippen molar-refractivity contribution in [2.75, 3.05) is 13.1 Å². The third kappa shape index (κ3) is 3.97. The van der Waals surface area contributed by atoms with Crippen LogP contribution in [0.5, 0.6) is 0 Å². The van der Waals surface area contributed by atoms with E-state index in [1.165, 1.54) is 24.3 Å². The molecule has 6 nitrogen and oxygen atoms in total. The van der Waals surface area contributed by atoms with Crippen molar-refractivity contribution in [1.82, 2.24) is 10.2 Å². The first-order valence-electron chi connectivity index (χ1n) is 8.52. The molecule has 2 aliphatic rings. The lowest BCUT2D eigenvalue weighted by molar-refractivity contribution is -0.146. The van der Waals surface area contributed by atoms with Gasteiger partial charge in [0.2, 0.25) is 5.91 Å². The molecule has 0 radical (unpaired) electrons. The van der Waals surface area contributed by atoms with Gasteiger partial charge in [-0.1, -0.05) is 0 Å². The van der Waals surface area contributed by atoms with Crippen LogP contribution in [0.1, 0.15) is 36.0 Å². The van der Waals surface area contributed by atoms with Gasteiger partial charge in [0.15, 0.2) is 0 Å². The van der Waals surface area contributed by atoms with Crippen LogP contribution in [0.3, 0.4) is 0 Å². The summed E-state index contributed by atoms with van der Waals surface area (Å²) in [6, 6.07) is 5.30. The second kappa shape index (κ2) is 7.21. The molecule has 2 N–H and O–H groups in total. The minimum atomic E-state index is -0.820. The van der Waals surface area contributed by atoms with Crippen LogP contribution in [0.25, 0.3) is 0 Å². The maximum Gasteiger partial charge on any atom is 0.306 e. The monoisotopic (exact) mass is 348 g/mol. The number of carbonyl (C=O) groups is 3. The van der Waals surface area contributed by atoms with E-state index in [0.717, 1.165) is 6.42 Å². The first-order chi connectivity index (χ1) is 11.9. The Morgan fingerprint density at radius 1 is 1.12 bits per heavy atom. The van der Waals surface area contributed by atoms with Crippen LogP contribution in [0.15, 0.2) is 24.3 Å². The number of nitrogens with zero attached hydrogens (tertiary/aromatic N) is 1. The number of amides is 2. The number of piperidine rings is 1. The Labute approximate surface area is 145 Å². The van der Waals surface area contributed by atoms with E-state index < -0.39 is 11.8 Å². The number of carboxylic acids is 1. The highest BCUT2D eigenvalue weighted by molar-refractivity contribution is 5.94. The Morgan fingerprint density at radius 2 is 1.80 bits per heavy atom. The second-order valence-corrected chi connectivity index (χ2v) is 6.81. The van der Waals surface area contributed by atoms with Crippen LogP contribution in [0.2, 0.25) is 0 Å². The zero-order valence-corrected chi connectivity index (χ0v) is 13.8. The summed E-state index contributed by atoms with van der Waals surface area (Å²) in [4.78, 5) is 37.3. The van der Waals surface area contributed by atoms with Gasteiger partial charge in [-0.2, -0.15) is 0 Å². The molecular weight excluding hydrogens is 327 g/mol. The van der Waals surface area contributed by atoms with Crippen LogP contribution < -0.4 is 5.32 Å². The topological polar surface area (TPSA) is 86.7 Å². The molecule has 2 fully saturated rings. The molecule has 25 heavy (non-hydrogen) atoms. The van der Waals surface area contributed by atoms with E-state index in [1.54, 1.807) is 4.90 Å². The molecule has 1 saturated carbocycles. The van der Waals surface area contributed by atoms with Crippen molar-refractivity contribution in [3.63, 3.8) is 0 Å². The van der Waals surface area contributed by atoms with E-state index in [-0.39, 0.29) is 29.7 Å². The van der Waals surface area contributed by atoms with Crippen LogP contribution in [0, 0.1) is 17.7 Å². The van der Waals surface area contributed by atoms with Gasteiger partial charge >= 0.3 is 5.97 Å². The van der Waals surface area contributed by atoms with Gasteiger partial charge in [-0.25, -0.2) is 4.39 Å². The summed E-state index contributed by atoms with van der Waals surface area (Å²) in [5.74, 6) is -2.19. The molecule has 1 saturated heterocycles. The molecule has 1 atom stereocenters. The van der Waals surface area contributed by atoms with E-state index in [4.69, 9.17) is 5.11 Å². The van der Waals surface area contributed by atoms with E-state index >= 15 is 0 Å². The summed E-state index contributed by atoms with van der Waals surface area (Å²) in [5.41, 5.74) is 0.408. The molecule has 1 aliphatic carbocycles. The molecule has 0 spiro atoms. The van der Waals surface area contributed by atoms with Crippen molar-refractivity contribution in [3.8, 4) is 0 Å². The number of nitrogens with one attached hydrogen (secondary N) is 1. The van der Waals surface area contributed by atoms with E-state index in [2.05, 4.69) is 5.32 Å². The summed E-state index contributed by atoms with van der Waals surface area (Å²) < 4.78 is 13.0. The number of aliphatic carboxylic acids is 1. The molecule has 134 valence electrons. The van der Waals surface area contributed by atoms with Gasteiger partial charge in [0.05, 0.1) is 11.8 Å². The molecule has 1 aromatic carbocycles. The molecule has 0 bridgehead atoms. The molecule has 7 heteroatoms. The Bertz CT molecular complexity index is 670. The third-order valence-corrected chi connectivity index (χ3v) is 5.00. The Balaban J connectivity index is 1.54. The molecule has 1 heterocycles. The summed E-state index contributed by atoms with van der Waals surface area (Å²) in [7, 11) is 0. The maximum atomic E-state index is 13.0. The number of carboxylic acid groups (broad SMARTS) is 1. The molecule has 2 amide bonds. The van der Waals surface area contributed by atoms with Crippen molar-refractivity contribution in [2.45, 2.75) is 31.7 Å². The van der Waals surface area contributed by atoms with Crippen molar-refractivity contribution in [1.29, 1.82) is 0 Å². The van der Waals surface area contributed by atoms with E-state index in [0.29, 0.717) is 37.9 Å². The molecular formula is C18H21FN2O4. The second-order valence-electron chi connectivity index (χ2n) is 6.81. The maximum absolute atomic E-state index is 13.0. The third-order valence-electron chi connectivity index (χ3n) is 5.00. The van der Waals surface area contributed by atoms with Gasteiger partial charge in [-0.3, -0.25) is 14.4 Å². The number of halogens is 1. The van der Waals surface area contributed by atoms with E-state index in [1.807, 2.05) is 0 Å². The SMILES string of the molecule is O=C(O)C1CC(NC(=O)C2CCCN(C(=O)c3ccc(F)cc3)C2)C1. The quantitative estimate of drug-likeness (QED) is 0.866. The van der Waals surface area contributed by atoms with Crippen LogP contribution in [0.4, 0.5) is 4.39 Å². The number of benzene rings is 1.